The molecule has 1 heterocycles. The highest BCUT2D eigenvalue weighted by molar-refractivity contribution is 7.98. The van der Waals surface area contributed by atoms with E-state index in [1.165, 1.54) is 5.56 Å². The average molecular weight is 331 g/mol. The lowest BCUT2D eigenvalue weighted by molar-refractivity contribution is 0.718. The van der Waals surface area contributed by atoms with Crippen LogP contribution in [0.25, 0.3) is 0 Å². The summed E-state index contributed by atoms with van der Waals surface area (Å²) in [5.74, 6) is 2.87. The van der Waals surface area contributed by atoms with Crippen molar-refractivity contribution in [2.75, 3.05) is 25.1 Å². The fourth-order valence-electron chi connectivity index (χ4n) is 2.18. The van der Waals surface area contributed by atoms with Crippen molar-refractivity contribution < 1.29 is 0 Å². The molecule has 0 atom stereocenters. The quantitative estimate of drug-likeness (QED) is 0.443. The third kappa shape index (κ3) is 5.98. The van der Waals surface area contributed by atoms with E-state index >= 15 is 0 Å². The molecule has 0 unspecified atom stereocenters. The first kappa shape index (κ1) is 17.4. The summed E-state index contributed by atoms with van der Waals surface area (Å²) in [7, 11) is 0. The highest BCUT2D eigenvalue weighted by Crippen LogP contribution is 2.06. The molecule has 124 valence electrons. The lowest BCUT2D eigenvalue weighted by atomic mass is 10.2. The van der Waals surface area contributed by atoms with Crippen LogP contribution in [0.2, 0.25) is 0 Å². The van der Waals surface area contributed by atoms with Crippen molar-refractivity contribution in [2.24, 2.45) is 4.99 Å². The minimum atomic E-state index is 0.564. The van der Waals surface area contributed by atoms with E-state index < -0.39 is 0 Å². The Kier molecular flexibility index (Phi) is 7.52. The molecule has 0 spiro atoms. The monoisotopic (exact) mass is 331 g/mol. The molecule has 0 saturated carbocycles. The zero-order valence-electron chi connectivity index (χ0n) is 13.8. The number of benzene rings is 1. The summed E-state index contributed by atoms with van der Waals surface area (Å²) in [5, 5.41) is 6.60. The number of aliphatic imine (C=N–C) groups is 1. The van der Waals surface area contributed by atoms with Gasteiger partial charge in [-0.1, -0.05) is 30.3 Å². The predicted molar refractivity (Wildman–Crippen MR) is 99.0 cm³/mol. The third-order valence-electron chi connectivity index (χ3n) is 3.32. The molecule has 0 amide bonds. The van der Waals surface area contributed by atoms with E-state index in [9.17, 15) is 0 Å². The molecule has 1 aromatic heterocycles. The number of nitrogens with one attached hydrogen (secondary N) is 2. The predicted octanol–water partition coefficient (Wildman–Crippen LogP) is 2.35. The van der Waals surface area contributed by atoms with E-state index in [2.05, 4.69) is 62.6 Å². The number of aromatic nitrogens is 2. The first-order valence-electron chi connectivity index (χ1n) is 7.88. The van der Waals surface area contributed by atoms with Crippen molar-refractivity contribution >= 4 is 17.7 Å². The molecule has 0 radical (unpaired) electrons. The van der Waals surface area contributed by atoms with Gasteiger partial charge in [0.1, 0.15) is 12.4 Å². The Morgan fingerprint density at radius 3 is 2.83 bits per heavy atom. The molecular weight excluding hydrogens is 306 g/mol. The Morgan fingerprint density at radius 1 is 1.26 bits per heavy atom. The van der Waals surface area contributed by atoms with Crippen molar-refractivity contribution in [3.05, 3.63) is 54.1 Å². The maximum atomic E-state index is 4.63. The van der Waals surface area contributed by atoms with Crippen LogP contribution in [0.1, 0.15) is 18.3 Å². The van der Waals surface area contributed by atoms with Crippen LogP contribution < -0.4 is 10.6 Å². The summed E-state index contributed by atoms with van der Waals surface area (Å²) < 4.78 is 2.14. The second-order valence-electron chi connectivity index (χ2n) is 5.07. The van der Waals surface area contributed by atoms with Crippen molar-refractivity contribution in [3.63, 3.8) is 0 Å². The summed E-state index contributed by atoms with van der Waals surface area (Å²) in [6.45, 7) is 5.22. The van der Waals surface area contributed by atoms with Crippen LogP contribution in [-0.4, -0.2) is 40.6 Å². The Labute approximate surface area is 142 Å². The van der Waals surface area contributed by atoms with Gasteiger partial charge in [0.25, 0.3) is 0 Å². The van der Waals surface area contributed by atoms with Crippen LogP contribution >= 0.6 is 11.8 Å². The number of hydrogen-bond acceptors (Lipinski definition) is 3. The van der Waals surface area contributed by atoms with Crippen LogP contribution in [0.15, 0.2) is 47.7 Å². The Bertz CT molecular complexity index is 594. The van der Waals surface area contributed by atoms with Gasteiger partial charge in [-0.2, -0.15) is 11.8 Å². The first-order chi connectivity index (χ1) is 11.3. The summed E-state index contributed by atoms with van der Waals surface area (Å²) in [5.41, 5.74) is 1.26. The van der Waals surface area contributed by atoms with E-state index in [1.54, 1.807) is 0 Å². The van der Waals surface area contributed by atoms with Gasteiger partial charge in [-0.3, -0.25) is 0 Å². The fraction of sp³-hybridized carbons (Fsp3) is 0.412. The van der Waals surface area contributed by atoms with Crippen molar-refractivity contribution in [3.8, 4) is 0 Å². The molecule has 0 saturated heterocycles. The van der Waals surface area contributed by atoms with Gasteiger partial charge in [0.15, 0.2) is 5.96 Å². The molecular formula is C17H25N5S. The molecule has 0 fully saturated rings. The van der Waals surface area contributed by atoms with Crippen molar-refractivity contribution in [1.82, 2.24) is 20.2 Å². The Morgan fingerprint density at radius 2 is 2.09 bits per heavy atom. The van der Waals surface area contributed by atoms with Crippen LogP contribution in [0.5, 0.6) is 0 Å². The van der Waals surface area contributed by atoms with Gasteiger partial charge in [0.2, 0.25) is 0 Å². The van der Waals surface area contributed by atoms with E-state index in [1.807, 2.05) is 30.2 Å². The van der Waals surface area contributed by atoms with Gasteiger partial charge < -0.3 is 15.2 Å². The molecule has 0 bridgehead atoms. The second kappa shape index (κ2) is 9.94. The lowest BCUT2D eigenvalue weighted by Gasteiger charge is -2.11. The minimum Gasteiger partial charge on any atom is -0.357 e. The van der Waals surface area contributed by atoms with Gasteiger partial charge in [-0.05, 0) is 18.7 Å². The van der Waals surface area contributed by atoms with Crippen LogP contribution in [0, 0.1) is 0 Å². The number of guanidine groups is 1. The lowest BCUT2D eigenvalue weighted by Crippen LogP contribution is -2.38. The summed E-state index contributed by atoms with van der Waals surface area (Å²) in [6.07, 6.45) is 5.94. The van der Waals surface area contributed by atoms with Gasteiger partial charge >= 0.3 is 0 Å². The number of imidazole rings is 1. The molecule has 2 rings (SSSR count). The van der Waals surface area contributed by atoms with Crippen molar-refractivity contribution in [2.45, 2.75) is 20.0 Å². The fourth-order valence-corrected chi connectivity index (χ4v) is 2.48. The van der Waals surface area contributed by atoms with E-state index in [-0.39, 0.29) is 0 Å². The molecule has 0 aliphatic rings. The minimum absolute atomic E-state index is 0.564. The summed E-state index contributed by atoms with van der Waals surface area (Å²) >= 11 is 1.82. The molecule has 1 aromatic carbocycles. The third-order valence-corrected chi connectivity index (χ3v) is 3.93. The maximum absolute atomic E-state index is 4.63. The van der Waals surface area contributed by atoms with Gasteiger partial charge in [-0.15, -0.1) is 0 Å². The molecule has 2 aromatic rings. The standard InChI is InChI=1S/C17H25N5S/c1-3-18-17(20-10-12-23-2)21-13-16-19-9-11-22(16)14-15-7-5-4-6-8-15/h4-9,11H,3,10,12-14H2,1-2H3,(H2,18,20,21). The molecule has 2 N–H and O–H groups in total. The van der Waals surface area contributed by atoms with E-state index in [4.69, 9.17) is 0 Å². The first-order valence-corrected chi connectivity index (χ1v) is 9.28. The highest BCUT2D eigenvalue weighted by atomic mass is 32.2. The Balaban J connectivity index is 1.98. The smallest absolute Gasteiger partial charge is 0.191 e. The average Bonchev–Trinajstić information content (AvgIpc) is 3.01. The number of nitrogens with zero attached hydrogens (tertiary/aromatic N) is 3. The van der Waals surface area contributed by atoms with Crippen LogP contribution in [0.4, 0.5) is 0 Å². The number of rotatable bonds is 8. The highest BCUT2D eigenvalue weighted by Gasteiger charge is 2.04. The SMILES string of the molecule is CCNC(=NCc1nccn1Cc1ccccc1)NCCSC. The van der Waals surface area contributed by atoms with Crippen LogP contribution in [0.3, 0.4) is 0 Å². The van der Waals surface area contributed by atoms with Gasteiger partial charge in [0, 0.05) is 37.8 Å². The maximum Gasteiger partial charge on any atom is 0.191 e. The summed E-state index contributed by atoms with van der Waals surface area (Å²) in [4.78, 5) is 9.07. The normalized spacial score (nSPS) is 11.5. The van der Waals surface area contributed by atoms with Crippen molar-refractivity contribution in [1.29, 1.82) is 0 Å². The molecule has 0 aliphatic carbocycles. The number of hydrogen-bond donors (Lipinski definition) is 2. The molecule has 5 nitrogen and oxygen atoms in total. The second-order valence-corrected chi connectivity index (χ2v) is 6.06. The zero-order chi connectivity index (χ0) is 16.3. The van der Waals surface area contributed by atoms with E-state index in [0.29, 0.717) is 6.54 Å². The Hall–Kier alpha value is -1.95. The summed E-state index contributed by atoms with van der Waals surface area (Å²) in [6, 6.07) is 10.4. The largest absolute Gasteiger partial charge is 0.357 e. The molecule has 0 aliphatic heterocycles. The molecule has 23 heavy (non-hydrogen) atoms. The molecule has 6 heteroatoms. The van der Waals surface area contributed by atoms with Gasteiger partial charge in [0.05, 0.1) is 0 Å². The van der Waals surface area contributed by atoms with Gasteiger partial charge in [-0.25, -0.2) is 9.98 Å². The van der Waals surface area contributed by atoms with Crippen LogP contribution in [-0.2, 0) is 13.1 Å². The number of thioether (sulfide) groups is 1. The topological polar surface area (TPSA) is 54.2 Å². The van der Waals surface area contributed by atoms with E-state index in [0.717, 1.165) is 37.2 Å². The zero-order valence-corrected chi connectivity index (χ0v) is 14.6.